The van der Waals surface area contributed by atoms with Gasteiger partial charge in [0.2, 0.25) is 0 Å². The molecule has 0 atom stereocenters. The first-order valence-electron chi connectivity index (χ1n) is 11.0. The summed E-state index contributed by atoms with van der Waals surface area (Å²) in [6.07, 6.45) is 4.00. The number of rotatable bonds is 4. The maximum atomic E-state index is 4.74. The van der Waals surface area contributed by atoms with E-state index in [0.717, 1.165) is 11.4 Å². The van der Waals surface area contributed by atoms with Gasteiger partial charge in [-0.2, -0.15) is 0 Å². The van der Waals surface area contributed by atoms with Crippen LogP contribution in [0, 0.1) is 6.07 Å². The molecule has 0 aliphatic heterocycles. The van der Waals surface area contributed by atoms with Crippen LogP contribution in [-0.4, -0.2) is 14.1 Å². The van der Waals surface area contributed by atoms with Crippen LogP contribution in [0.5, 0.6) is 0 Å². The SMILES string of the molecule is CC(C)c1cc2c(c(C(C)C)c1-n1ccnc1-c1[c-]cccc1)c1ccccc1n2C.[Ir]. The van der Waals surface area contributed by atoms with Crippen molar-refractivity contribution >= 4 is 21.8 Å². The van der Waals surface area contributed by atoms with Crippen molar-refractivity contribution in [2.45, 2.75) is 39.5 Å². The van der Waals surface area contributed by atoms with E-state index in [1.807, 2.05) is 24.4 Å². The molecule has 0 aliphatic carbocycles. The van der Waals surface area contributed by atoms with Crippen molar-refractivity contribution < 1.29 is 20.1 Å². The Bertz CT molecular complexity index is 1390. The quantitative estimate of drug-likeness (QED) is 0.200. The Kier molecular flexibility index (Phi) is 6.11. The van der Waals surface area contributed by atoms with Gasteiger partial charge in [0, 0.05) is 67.0 Å². The average Bonchev–Trinajstić information content (AvgIpc) is 3.37. The fourth-order valence-electron chi connectivity index (χ4n) is 4.84. The molecule has 0 fully saturated rings. The molecule has 3 aromatic carbocycles. The van der Waals surface area contributed by atoms with Crippen molar-refractivity contribution in [2.24, 2.45) is 7.05 Å². The van der Waals surface area contributed by atoms with E-state index < -0.39 is 0 Å². The fourth-order valence-corrected chi connectivity index (χ4v) is 4.84. The van der Waals surface area contributed by atoms with Gasteiger partial charge in [0.05, 0.1) is 5.82 Å². The topological polar surface area (TPSA) is 22.8 Å². The van der Waals surface area contributed by atoms with E-state index in [-0.39, 0.29) is 20.1 Å². The third-order valence-electron chi connectivity index (χ3n) is 6.27. The van der Waals surface area contributed by atoms with Gasteiger partial charge in [-0.3, -0.25) is 4.98 Å². The predicted octanol–water partition coefficient (Wildman–Crippen LogP) is 7.23. The van der Waals surface area contributed by atoms with Crippen molar-refractivity contribution in [3.63, 3.8) is 0 Å². The average molecular weight is 599 g/mol. The summed E-state index contributed by atoms with van der Waals surface area (Å²) in [6.45, 7) is 9.16. The zero-order chi connectivity index (χ0) is 21.7. The third-order valence-corrected chi connectivity index (χ3v) is 6.27. The molecule has 0 unspecified atom stereocenters. The zero-order valence-corrected chi connectivity index (χ0v) is 21.6. The Hall–Kier alpha value is -2.68. The monoisotopic (exact) mass is 599 g/mol. The molecular weight excluding hydrogens is 571 g/mol. The summed E-state index contributed by atoms with van der Waals surface area (Å²) < 4.78 is 4.61. The van der Waals surface area contributed by atoms with Crippen LogP contribution in [0.15, 0.2) is 67.0 Å². The van der Waals surface area contributed by atoms with E-state index >= 15 is 0 Å². The molecule has 0 saturated heterocycles. The van der Waals surface area contributed by atoms with E-state index in [0.29, 0.717) is 11.8 Å². The summed E-state index contributed by atoms with van der Waals surface area (Å²) in [5.74, 6) is 1.67. The molecule has 1 radical (unpaired) electrons. The van der Waals surface area contributed by atoms with Crippen molar-refractivity contribution in [3.05, 3.63) is 84.2 Å². The van der Waals surface area contributed by atoms with Gasteiger partial charge in [0.15, 0.2) is 0 Å². The number of hydrogen-bond acceptors (Lipinski definition) is 1. The molecule has 0 saturated carbocycles. The molecule has 0 amide bonds. The normalized spacial score (nSPS) is 11.6. The van der Waals surface area contributed by atoms with Crippen molar-refractivity contribution in [3.8, 4) is 17.1 Å². The number of nitrogens with zero attached hydrogens (tertiary/aromatic N) is 3. The largest absolute Gasteiger partial charge is 0.344 e. The molecule has 2 heterocycles. The van der Waals surface area contributed by atoms with Crippen LogP contribution >= 0.6 is 0 Å². The molecule has 3 nitrogen and oxygen atoms in total. The van der Waals surface area contributed by atoms with Crippen molar-refractivity contribution in [1.82, 2.24) is 14.1 Å². The van der Waals surface area contributed by atoms with E-state index in [1.54, 1.807) is 0 Å². The molecular formula is C28H28IrN3-. The van der Waals surface area contributed by atoms with Crippen LogP contribution in [-0.2, 0) is 27.2 Å². The first kappa shape index (κ1) is 22.5. The molecule has 0 aliphatic rings. The van der Waals surface area contributed by atoms with Gasteiger partial charge < -0.3 is 9.13 Å². The fraction of sp³-hybridized carbons (Fsp3) is 0.250. The van der Waals surface area contributed by atoms with Gasteiger partial charge in [-0.1, -0.05) is 45.9 Å². The number of aryl methyl sites for hydroxylation is 1. The van der Waals surface area contributed by atoms with Crippen molar-refractivity contribution in [2.75, 3.05) is 0 Å². The maximum Gasteiger partial charge on any atom is 0.0602 e. The second-order valence-electron chi connectivity index (χ2n) is 8.90. The molecule has 32 heavy (non-hydrogen) atoms. The Morgan fingerprint density at radius 3 is 2.34 bits per heavy atom. The van der Waals surface area contributed by atoms with Gasteiger partial charge in [0.25, 0.3) is 0 Å². The van der Waals surface area contributed by atoms with Gasteiger partial charge in [-0.15, -0.1) is 35.9 Å². The van der Waals surface area contributed by atoms with Gasteiger partial charge in [0.1, 0.15) is 0 Å². The minimum Gasteiger partial charge on any atom is -0.344 e. The minimum absolute atomic E-state index is 0. The number of imidazole rings is 1. The Balaban J connectivity index is 0.00000245. The van der Waals surface area contributed by atoms with E-state index in [2.05, 4.69) is 92.5 Å². The number of benzene rings is 3. The molecule has 4 heteroatoms. The van der Waals surface area contributed by atoms with E-state index in [4.69, 9.17) is 4.98 Å². The van der Waals surface area contributed by atoms with Gasteiger partial charge in [-0.05, 0) is 35.1 Å². The number of hydrogen-bond donors (Lipinski definition) is 0. The second-order valence-corrected chi connectivity index (χ2v) is 8.90. The first-order chi connectivity index (χ1) is 15.0. The zero-order valence-electron chi connectivity index (χ0n) is 19.2. The first-order valence-corrected chi connectivity index (χ1v) is 11.0. The van der Waals surface area contributed by atoms with Crippen LogP contribution in [0.25, 0.3) is 38.9 Å². The van der Waals surface area contributed by atoms with Crippen LogP contribution in [0.1, 0.15) is 50.7 Å². The third kappa shape index (κ3) is 3.43. The summed E-state index contributed by atoms with van der Waals surface area (Å²) in [7, 11) is 2.18. The molecule has 0 N–H and O–H groups in total. The summed E-state index contributed by atoms with van der Waals surface area (Å²) >= 11 is 0. The summed E-state index contributed by atoms with van der Waals surface area (Å²) in [4.78, 5) is 4.74. The van der Waals surface area contributed by atoms with Gasteiger partial charge in [-0.25, -0.2) is 0 Å². The van der Waals surface area contributed by atoms with E-state index in [1.165, 1.54) is 38.6 Å². The van der Waals surface area contributed by atoms with Crippen LogP contribution in [0.3, 0.4) is 0 Å². The summed E-state index contributed by atoms with van der Waals surface area (Å²) in [5.41, 5.74) is 7.57. The number of para-hydroxylation sites is 1. The van der Waals surface area contributed by atoms with Crippen LogP contribution in [0.4, 0.5) is 0 Å². The maximum absolute atomic E-state index is 4.74. The second kappa shape index (κ2) is 8.69. The Morgan fingerprint density at radius 2 is 1.66 bits per heavy atom. The Morgan fingerprint density at radius 1 is 0.906 bits per heavy atom. The molecule has 5 rings (SSSR count). The molecule has 5 aromatic rings. The van der Waals surface area contributed by atoms with E-state index in [9.17, 15) is 0 Å². The smallest absolute Gasteiger partial charge is 0.0602 e. The number of fused-ring (bicyclic) bond motifs is 3. The molecule has 2 aromatic heterocycles. The minimum atomic E-state index is 0. The molecule has 0 spiro atoms. The Labute approximate surface area is 203 Å². The number of aromatic nitrogens is 3. The standard InChI is InChI=1S/C28H28N3.Ir/c1-18(2)22-17-24-26(21-13-9-10-14-23(21)30(24)5)25(19(3)4)27(22)31-16-15-29-28(31)20-11-7-6-8-12-20;/h6-11,13-19H,1-5H3;/q-1;. The molecule has 165 valence electrons. The van der Waals surface area contributed by atoms with Crippen molar-refractivity contribution in [1.29, 1.82) is 0 Å². The molecule has 0 bridgehead atoms. The summed E-state index contributed by atoms with van der Waals surface area (Å²) in [5, 5.41) is 2.66. The van der Waals surface area contributed by atoms with Gasteiger partial charge >= 0.3 is 0 Å². The summed E-state index contributed by atoms with van der Waals surface area (Å²) in [6, 6.07) is 22.6. The van der Waals surface area contributed by atoms with Crippen LogP contribution < -0.4 is 0 Å². The predicted molar refractivity (Wildman–Crippen MR) is 130 cm³/mol. The van der Waals surface area contributed by atoms with Crippen LogP contribution in [0.2, 0.25) is 0 Å².